The lowest BCUT2D eigenvalue weighted by atomic mass is 9.79. The van der Waals surface area contributed by atoms with Crippen molar-refractivity contribution in [2.45, 2.75) is 97.2 Å². The van der Waals surface area contributed by atoms with Gasteiger partial charge in [-0.1, -0.05) is 65.0 Å². The summed E-state index contributed by atoms with van der Waals surface area (Å²) < 4.78 is 0. The summed E-state index contributed by atoms with van der Waals surface area (Å²) in [4.78, 5) is 48.5. The first-order valence-corrected chi connectivity index (χ1v) is 15.2. The van der Waals surface area contributed by atoms with Crippen LogP contribution in [0.25, 0.3) is 0 Å². The molecule has 4 atom stereocenters. The van der Waals surface area contributed by atoms with Crippen molar-refractivity contribution in [1.82, 2.24) is 19.6 Å². The van der Waals surface area contributed by atoms with Crippen molar-refractivity contribution in [1.29, 1.82) is 0 Å². The lowest BCUT2D eigenvalue weighted by Crippen LogP contribution is -2.61. The Morgan fingerprint density at radius 2 is 1.65 bits per heavy atom. The van der Waals surface area contributed by atoms with Crippen LogP contribution in [0.5, 0.6) is 0 Å². The number of amides is 4. The van der Waals surface area contributed by atoms with Crippen LogP contribution < -0.4 is 0 Å². The summed E-state index contributed by atoms with van der Waals surface area (Å²) in [5.74, 6) is 1.26. The van der Waals surface area contributed by atoms with E-state index in [2.05, 4.69) is 74.8 Å². The molecule has 5 rings (SSSR count). The molecule has 0 saturated carbocycles. The molecule has 1 spiro atoms. The van der Waals surface area contributed by atoms with E-state index >= 15 is 0 Å². The fourth-order valence-corrected chi connectivity index (χ4v) is 7.86. The van der Waals surface area contributed by atoms with Gasteiger partial charge in [0.15, 0.2) is 0 Å². The van der Waals surface area contributed by atoms with Crippen LogP contribution in [-0.4, -0.2) is 87.8 Å². The number of piperidine rings is 1. The molecule has 222 valence electrons. The van der Waals surface area contributed by atoms with E-state index in [9.17, 15) is 14.4 Å². The van der Waals surface area contributed by atoms with Crippen LogP contribution in [0, 0.1) is 17.3 Å². The Labute approximate surface area is 247 Å². The molecule has 0 aliphatic carbocycles. The van der Waals surface area contributed by atoms with E-state index in [0.717, 1.165) is 45.3 Å². The first-order chi connectivity index (χ1) is 18.4. The van der Waals surface area contributed by atoms with Gasteiger partial charge in [-0.3, -0.25) is 19.4 Å². The Kier molecular flexibility index (Phi) is 8.97. The van der Waals surface area contributed by atoms with Gasteiger partial charge in [-0.25, -0.2) is 4.79 Å². The number of halogens is 1. The molecule has 4 fully saturated rings. The molecule has 4 aliphatic rings. The molecule has 0 N–H and O–H groups in total. The lowest BCUT2D eigenvalue weighted by molar-refractivity contribution is -0.137. The van der Waals surface area contributed by atoms with Crippen molar-refractivity contribution in [3.8, 4) is 0 Å². The van der Waals surface area contributed by atoms with Gasteiger partial charge >= 0.3 is 6.03 Å². The molecular formula is C32H49ClN4O3. The van der Waals surface area contributed by atoms with Crippen molar-refractivity contribution >= 4 is 30.3 Å². The van der Waals surface area contributed by atoms with Crippen LogP contribution in [0.15, 0.2) is 30.3 Å². The Morgan fingerprint density at radius 3 is 2.20 bits per heavy atom. The second-order valence-corrected chi connectivity index (χ2v) is 14.2. The summed E-state index contributed by atoms with van der Waals surface area (Å²) in [5, 5.41) is 0. The molecule has 0 radical (unpaired) electrons. The largest absolute Gasteiger partial charge is 0.342 e. The third-order valence-corrected chi connectivity index (χ3v) is 9.55. The molecule has 1 aromatic carbocycles. The smallest absolute Gasteiger partial charge is 0.327 e. The van der Waals surface area contributed by atoms with E-state index in [1.807, 2.05) is 11.8 Å². The topological polar surface area (TPSA) is 64.2 Å². The molecule has 4 aliphatic heterocycles. The summed E-state index contributed by atoms with van der Waals surface area (Å²) in [7, 11) is 0. The molecule has 4 saturated heterocycles. The highest BCUT2D eigenvalue weighted by atomic mass is 35.5. The van der Waals surface area contributed by atoms with Gasteiger partial charge in [-0.2, -0.15) is 0 Å². The minimum atomic E-state index is -0.692. The highest BCUT2D eigenvalue weighted by Crippen LogP contribution is 2.49. The summed E-state index contributed by atoms with van der Waals surface area (Å²) in [6, 6.07) is 11.2. The molecule has 0 aromatic heterocycles. The fraction of sp³-hybridized carbons (Fsp3) is 0.719. The van der Waals surface area contributed by atoms with Crippen molar-refractivity contribution < 1.29 is 14.4 Å². The first-order valence-electron chi connectivity index (χ1n) is 15.2. The van der Waals surface area contributed by atoms with Gasteiger partial charge in [-0.15, -0.1) is 12.4 Å². The number of carbonyl (C=O) groups excluding carboxylic acids is 3. The van der Waals surface area contributed by atoms with Gasteiger partial charge in [0.25, 0.3) is 5.91 Å². The zero-order chi connectivity index (χ0) is 28.1. The summed E-state index contributed by atoms with van der Waals surface area (Å²) in [6.45, 7) is 16.1. The fourth-order valence-electron chi connectivity index (χ4n) is 7.86. The van der Waals surface area contributed by atoms with Gasteiger partial charge in [0.1, 0.15) is 5.54 Å². The number of likely N-dealkylation sites (tertiary alicyclic amines) is 1. The Morgan fingerprint density at radius 1 is 1.02 bits per heavy atom. The number of likely N-dealkylation sites (N-methyl/N-ethyl adjacent to an activating group) is 1. The number of rotatable bonds is 7. The van der Waals surface area contributed by atoms with Crippen molar-refractivity contribution in [3.05, 3.63) is 35.9 Å². The number of carbonyl (C=O) groups is 3. The van der Waals surface area contributed by atoms with Gasteiger partial charge in [0.2, 0.25) is 5.91 Å². The van der Waals surface area contributed by atoms with Gasteiger partial charge in [-0.05, 0) is 55.4 Å². The third kappa shape index (κ3) is 5.65. The molecule has 8 heteroatoms. The van der Waals surface area contributed by atoms with E-state index in [0.29, 0.717) is 49.3 Å². The van der Waals surface area contributed by atoms with Crippen LogP contribution in [0.1, 0.15) is 85.1 Å². The minimum Gasteiger partial charge on any atom is -0.342 e. The van der Waals surface area contributed by atoms with E-state index in [4.69, 9.17) is 0 Å². The second-order valence-electron chi connectivity index (χ2n) is 14.2. The quantitative estimate of drug-likeness (QED) is 0.411. The van der Waals surface area contributed by atoms with E-state index < -0.39 is 5.54 Å². The molecule has 2 bridgehead atoms. The number of hydrogen-bond acceptors (Lipinski definition) is 4. The molecular weight excluding hydrogens is 524 g/mol. The number of hydrogen-bond donors (Lipinski definition) is 0. The number of benzene rings is 1. The number of urea groups is 1. The second kappa shape index (κ2) is 11.6. The summed E-state index contributed by atoms with van der Waals surface area (Å²) in [5.41, 5.74) is 0.591. The maximum atomic E-state index is 13.8. The lowest BCUT2D eigenvalue weighted by Gasteiger charge is -2.48. The van der Waals surface area contributed by atoms with Crippen LogP contribution in [0.4, 0.5) is 4.79 Å². The maximum absolute atomic E-state index is 13.8. The zero-order valence-electron chi connectivity index (χ0n) is 25.3. The average molecular weight is 573 g/mol. The number of imide groups is 1. The van der Waals surface area contributed by atoms with Crippen LogP contribution >= 0.6 is 12.4 Å². The Balaban J connectivity index is 0.00000370. The van der Waals surface area contributed by atoms with E-state index in [-0.39, 0.29) is 35.7 Å². The zero-order valence-corrected chi connectivity index (χ0v) is 26.1. The molecule has 2 unspecified atom stereocenters. The number of fused-ring (bicyclic) bond motifs is 2. The minimum absolute atomic E-state index is 0. The van der Waals surface area contributed by atoms with Gasteiger partial charge in [0.05, 0.1) is 0 Å². The predicted molar refractivity (Wildman–Crippen MR) is 160 cm³/mol. The Hall–Kier alpha value is -2.12. The molecule has 1 aromatic rings. The van der Waals surface area contributed by atoms with Crippen LogP contribution in [-0.2, 0) is 9.59 Å². The standard InChI is InChI=1S/C32H48N4O3.ClH/c1-7-34-29(38)32(36(30(34)39)18-22(2)3)15-25-13-14-26(16-32)35(25)20-24-19-33(28(37)17-31(4,5)6)21-27(24)23-11-9-8-10-12-23;/h8-12,22,24-27H,7,13-21H2,1-6H3;1H/t24-,25?,26?,27-,32?;/m1./s1. The highest BCUT2D eigenvalue weighted by Gasteiger charge is 2.62. The molecule has 7 nitrogen and oxygen atoms in total. The summed E-state index contributed by atoms with van der Waals surface area (Å²) >= 11 is 0. The number of nitrogens with zero attached hydrogens (tertiary/aromatic N) is 4. The van der Waals surface area contributed by atoms with Crippen molar-refractivity contribution in [3.63, 3.8) is 0 Å². The normalized spacial score (nSPS) is 30.6. The molecule has 4 heterocycles. The Bertz CT molecular complexity index is 1070. The average Bonchev–Trinajstić information content (AvgIpc) is 3.45. The monoisotopic (exact) mass is 572 g/mol. The maximum Gasteiger partial charge on any atom is 0.327 e. The third-order valence-electron chi connectivity index (χ3n) is 9.55. The first kappa shape index (κ1) is 30.8. The van der Waals surface area contributed by atoms with Gasteiger partial charge < -0.3 is 9.80 Å². The molecule has 40 heavy (non-hydrogen) atoms. The highest BCUT2D eigenvalue weighted by molar-refractivity contribution is 6.07. The van der Waals surface area contributed by atoms with Gasteiger partial charge in [0, 0.05) is 57.1 Å². The van der Waals surface area contributed by atoms with Crippen LogP contribution in [0.3, 0.4) is 0 Å². The van der Waals surface area contributed by atoms with E-state index in [1.54, 1.807) is 0 Å². The molecule has 4 amide bonds. The van der Waals surface area contributed by atoms with E-state index in [1.165, 1.54) is 10.5 Å². The van der Waals surface area contributed by atoms with Crippen molar-refractivity contribution in [2.24, 2.45) is 17.3 Å². The van der Waals surface area contributed by atoms with Crippen molar-refractivity contribution in [2.75, 3.05) is 32.7 Å². The summed E-state index contributed by atoms with van der Waals surface area (Å²) in [6.07, 6.45) is 4.17. The predicted octanol–water partition coefficient (Wildman–Crippen LogP) is 5.39. The SMILES string of the molecule is CCN1C(=O)N(CC(C)C)C2(CC3CCC(C2)N3C[C@H]2CN(C(=O)CC(C)(C)C)C[C@@H]2c2ccccc2)C1=O.Cl. The van der Waals surface area contributed by atoms with Crippen LogP contribution in [0.2, 0.25) is 0 Å².